The van der Waals surface area contributed by atoms with Gasteiger partial charge in [-0.15, -0.1) is 0 Å². The van der Waals surface area contributed by atoms with Crippen molar-refractivity contribution in [3.8, 4) is 0 Å². The summed E-state index contributed by atoms with van der Waals surface area (Å²) < 4.78 is 13.5. The number of anilines is 1. The third kappa shape index (κ3) is 2.67. The van der Waals surface area contributed by atoms with Gasteiger partial charge >= 0.3 is 0 Å². The zero-order valence-electron chi connectivity index (χ0n) is 9.47. The SMILES string of the molecule is CCC1CCC(Nc2ccc(Cl)cc2F)C1. The van der Waals surface area contributed by atoms with E-state index in [1.807, 2.05) is 0 Å². The van der Waals surface area contributed by atoms with Gasteiger partial charge in [-0.05, 0) is 43.4 Å². The quantitative estimate of drug-likeness (QED) is 0.823. The average Bonchev–Trinajstić information content (AvgIpc) is 2.70. The first-order chi connectivity index (χ1) is 7.69. The second-order valence-electron chi connectivity index (χ2n) is 4.55. The van der Waals surface area contributed by atoms with Crippen molar-refractivity contribution >= 4 is 17.3 Å². The molecule has 2 rings (SSSR count). The number of nitrogens with one attached hydrogen (secondary N) is 1. The highest BCUT2D eigenvalue weighted by molar-refractivity contribution is 6.30. The Hall–Kier alpha value is -0.760. The van der Waals surface area contributed by atoms with E-state index in [1.54, 1.807) is 12.1 Å². The van der Waals surface area contributed by atoms with Crippen molar-refractivity contribution in [1.29, 1.82) is 0 Å². The Morgan fingerprint density at radius 1 is 1.44 bits per heavy atom. The van der Waals surface area contributed by atoms with E-state index in [4.69, 9.17) is 11.6 Å². The van der Waals surface area contributed by atoms with Gasteiger partial charge in [-0.3, -0.25) is 0 Å². The minimum Gasteiger partial charge on any atom is -0.380 e. The molecule has 2 unspecified atom stereocenters. The summed E-state index contributed by atoms with van der Waals surface area (Å²) >= 11 is 5.71. The standard InChI is InChI=1S/C13H17ClFN/c1-2-9-3-5-11(7-9)16-13-6-4-10(14)8-12(13)15/h4,6,8-9,11,16H,2-3,5,7H2,1H3. The lowest BCUT2D eigenvalue weighted by atomic mass is 10.1. The van der Waals surface area contributed by atoms with Crippen molar-refractivity contribution in [2.45, 2.75) is 38.6 Å². The minimum absolute atomic E-state index is 0.257. The third-order valence-corrected chi connectivity index (χ3v) is 3.64. The van der Waals surface area contributed by atoms with Gasteiger partial charge in [0, 0.05) is 11.1 Å². The van der Waals surface area contributed by atoms with Crippen LogP contribution in [0.5, 0.6) is 0 Å². The molecule has 1 saturated carbocycles. The molecule has 1 aliphatic rings. The molecule has 1 N–H and O–H groups in total. The van der Waals surface area contributed by atoms with Gasteiger partial charge in [-0.25, -0.2) is 4.39 Å². The molecular weight excluding hydrogens is 225 g/mol. The molecule has 0 amide bonds. The van der Waals surface area contributed by atoms with Gasteiger partial charge in [0.05, 0.1) is 5.69 Å². The first-order valence-corrected chi connectivity index (χ1v) is 6.28. The molecule has 0 aromatic heterocycles. The Morgan fingerprint density at radius 2 is 2.25 bits per heavy atom. The van der Waals surface area contributed by atoms with E-state index in [0.717, 1.165) is 18.8 Å². The van der Waals surface area contributed by atoms with E-state index in [9.17, 15) is 4.39 Å². The molecule has 0 aliphatic heterocycles. The molecule has 1 aliphatic carbocycles. The molecule has 0 bridgehead atoms. The number of benzene rings is 1. The fourth-order valence-corrected chi connectivity index (χ4v) is 2.56. The van der Waals surface area contributed by atoms with Crippen LogP contribution in [0, 0.1) is 11.7 Å². The summed E-state index contributed by atoms with van der Waals surface area (Å²) in [5, 5.41) is 3.71. The molecule has 1 aromatic rings. The summed E-state index contributed by atoms with van der Waals surface area (Å²) in [6.07, 6.45) is 4.77. The number of halogens is 2. The maximum atomic E-state index is 13.5. The second kappa shape index (κ2) is 5.05. The lowest BCUT2D eigenvalue weighted by Gasteiger charge is -2.15. The largest absolute Gasteiger partial charge is 0.380 e. The first-order valence-electron chi connectivity index (χ1n) is 5.90. The monoisotopic (exact) mass is 241 g/mol. The zero-order chi connectivity index (χ0) is 11.5. The van der Waals surface area contributed by atoms with Crippen molar-refractivity contribution < 1.29 is 4.39 Å². The fraction of sp³-hybridized carbons (Fsp3) is 0.538. The van der Waals surface area contributed by atoms with Crippen LogP contribution < -0.4 is 5.32 Å². The smallest absolute Gasteiger partial charge is 0.147 e. The summed E-state index contributed by atoms with van der Waals surface area (Å²) in [6.45, 7) is 2.22. The van der Waals surface area contributed by atoms with Crippen LogP contribution in [0.3, 0.4) is 0 Å². The van der Waals surface area contributed by atoms with Crippen LogP contribution >= 0.6 is 11.6 Å². The Kier molecular flexibility index (Phi) is 3.70. The molecule has 1 nitrogen and oxygen atoms in total. The van der Waals surface area contributed by atoms with Crippen LogP contribution in [-0.2, 0) is 0 Å². The van der Waals surface area contributed by atoms with E-state index in [1.165, 1.54) is 18.9 Å². The molecule has 1 fully saturated rings. The Bertz CT molecular complexity index is 367. The normalized spacial score (nSPS) is 24.7. The van der Waals surface area contributed by atoms with Crippen LogP contribution in [-0.4, -0.2) is 6.04 Å². The highest BCUT2D eigenvalue weighted by Gasteiger charge is 2.23. The van der Waals surface area contributed by atoms with E-state index >= 15 is 0 Å². The van der Waals surface area contributed by atoms with Crippen molar-refractivity contribution in [1.82, 2.24) is 0 Å². The van der Waals surface area contributed by atoms with Gasteiger partial charge in [0.15, 0.2) is 0 Å². The van der Waals surface area contributed by atoms with Crippen LogP contribution in [0.4, 0.5) is 10.1 Å². The second-order valence-corrected chi connectivity index (χ2v) is 4.99. The maximum Gasteiger partial charge on any atom is 0.147 e. The first kappa shape index (κ1) is 11.7. The molecule has 2 atom stereocenters. The zero-order valence-corrected chi connectivity index (χ0v) is 10.2. The van der Waals surface area contributed by atoms with Gasteiger partial charge in [0.1, 0.15) is 5.82 Å². The van der Waals surface area contributed by atoms with Crippen molar-refractivity contribution in [3.05, 3.63) is 29.0 Å². The fourth-order valence-electron chi connectivity index (χ4n) is 2.40. The van der Waals surface area contributed by atoms with Crippen molar-refractivity contribution in [3.63, 3.8) is 0 Å². The average molecular weight is 242 g/mol. The Balaban J connectivity index is 1.99. The predicted octanol–water partition coefficient (Wildman–Crippen LogP) is 4.47. The van der Waals surface area contributed by atoms with Gasteiger partial charge < -0.3 is 5.32 Å². The van der Waals surface area contributed by atoms with Gasteiger partial charge in [0.25, 0.3) is 0 Å². The van der Waals surface area contributed by atoms with Crippen molar-refractivity contribution in [2.75, 3.05) is 5.32 Å². The molecule has 0 spiro atoms. The molecular formula is C13H17ClFN. The molecule has 0 saturated heterocycles. The van der Waals surface area contributed by atoms with Crippen LogP contribution in [0.25, 0.3) is 0 Å². The molecule has 1 aromatic carbocycles. The van der Waals surface area contributed by atoms with Gasteiger partial charge in [-0.1, -0.05) is 24.9 Å². The van der Waals surface area contributed by atoms with E-state index in [-0.39, 0.29) is 5.82 Å². The lowest BCUT2D eigenvalue weighted by molar-refractivity contribution is 0.524. The van der Waals surface area contributed by atoms with Crippen LogP contribution in [0.15, 0.2) is 18.2 Å². The van der Waals surface area contributed by atoms with Gasteiger partial charge in [0.2, 0.25) is 0 Å². The summed E-state index contributed by atoms with van der Waals surface area (Å²) in [5.41, 5.74) is 0.575. The van der Waals surface area contributed by atoms with Gasteiger partial charge in [-0.2, -0.15) is 0 Å². The van der Waals surface area contributed by atoms with E-state index in [0.29, 0.717) is 16.8 Å². The minimum atomic E-state index is -0.257. The summed E-state index contributed by atoms with van der Waals surface area (Å²) in [4.78, 5) is 0. The van der Waals surface area contributed by atoms with Crippen molar-refractivity contribution in [2.24, 2.45) is 5.92 Å². The molecule has 3 heteroatoms. The van der Waals surface area contributed by atoms with E-state index < -0.39 is 0 Å². The predicted molar refractivity (Wildman–Crippen MR) is 66.5 cm³/mol. The Morgan fingerprint density at radius 3 is 2.88 bits per heavy atom. The summed E-state index contributed by atoms with van der Waals surface area (Å²) in [7, 11) is 0. The summed E-state index contributed by atoms with van der Waals surface area (Å²) in [5.74, 6) is 0.542. The van der Waals surface area contributed by atoms with Crippen LogP contribution in [0.1, 0.15) is 32.6 Å². The van der Waals surface area contributed by atoms with Crippen LogP contribution in [0.2, 0.25) is 5.02 Å². The van der Waals surface area contributed by atoms with E-state index in [2.05, 4.69) is 12.2 Å². The third-order valence-electron chi connectivity index (χ3n) is 3.41. The Labute approximate surface area is 101 Å². The topological polar surface area (TPSA) is 12.0 Å². The molecule has 16 heavy (non-hydrogen) atoms. The number of hydrogen-bond donors (Lipinski definition) is 1. The number of rotatable bonds is 3. The highest BCUT2D eigenvalue weighted by atomic mass is 35.5. The molecule has 0 radical (unpaired) electrons. The molecule has 88 valence electrons. The molecule has 0 heterocycles. The number of hydrogen-bond acceptors (Lipinski definition) is 1. The summed E-state index contributed by atoms with van der Waals surface area (Å²) in [6, 6.07) is 5.22. The lowest BCUT2D eigenvalue weighted by Crippen LogP contribution is -2.16. The highest BCUT2D eigenvalue weighted by Crippen LogP contribution is 2.31. The maximum absolute atomic E-state index is 13.5.